The van der Waals surface area contributed by atoms with Gasteiger partial charge in [-0.2, -0.15) is 0 Å². The molecule has 1 aromatic heterocycles. The molecule has 3 heteroatoms. The van der Waals surface area contributed by atoms with Gasteiger partial charge < -0.3 is 10.1 Å². The van der Waals surface area contributed by atoms with Crippen molar-refractivity contribution in [2.75, 3.05) is 20.2 Å². The molecule has 1 aliphatic heterocycles. The second-order valence-corrected chi connectivity index (χ2v) is 4.03. The van der Waals surface area contributed by atoms with Gasteiger partial charge in [-0.3, -0.25) is 4.98 Å². The number of piperidine rings is 1. The Kier molecular flexibility index (Phi) is 3.69. The molecule has 1 fully saturated rings. The summed E-state index contributed by atoms with van der Waals surface area (Å²) in [7, 11) is 1.74. The van der Waals surface area contributed by atoms with Crippen LogP contribution in [0.4, 0.5) is 0 Å². The lowest BCUT2D eigenvalue weighted by atomic mass is 9.88. The Morgan fingerprint density at radius 1 is 1.47 bits per heavy atom. The number of rotatable bonds is 3. The third-order valence-corrected chi connectivity index (χ3v) is 3.02. The highest BCUT2D eigenvalue weighted by molar-refractivity contribution is 5.27. The van der Waals surface area contributed by atoms with Crippen molar-refractivity contribution in [3.63, 3.8) is 0 Å². The van der Waals surface area contributed by atoms with Crippen molar-refractivity contribution in [3.05, 3.63) is 29.6 Å². The van der Waals surface area contributed by atoms with E-state index >= 15 is 0 Å². The molecule has 0 aromatic carbocycles. The van der Waals surface area contributed by atoms with E-state index < -0.39 is 0 Å². The molecule has 0 atom stereocenters. The number of nitrogens with one attached hydrogen (secondary N) is 1. The van der Waals surface area contributed by atoms with Gasteiger partial charge in [-0.1, -0.05) is 0 Å². The molecule has 0 aliphatic carbocycles. The van der Waals surface area contributed by atoms with E-state index in [1.54, 1.807) is 7.11 Å². The van der Waals surface area contributed by atoms with Crippen molar-refractivity contribution in [1.82, 2.24) is 10.3 Å². The Morgan fingerprint density at radius 2 is 2.27 bits per heavy atom. The molecule has 2 heterocycles. The van der Waals surface area contributed by atoms with Crippen molar-refractivity contribution in [2.45, 2.75) is 25.4 Å². The van der Waals surface area contributed by atoms with E-state index in [0.29, 0.717) is 12.5 Å². The predicted molar refractivity (Wildman–Crippen MR) is 59.8 cm³/mol. The SMILES string of the molecule is COCc1cnccc1C1CCNCC1. The first-order valence-electron chi connectivity index (χ1n) is 5.54. The van der Waals surface area contributed by atoms with Gasteiger partial charge in [0.15, 0.2) is 0 Å². The standard InChI is InChI=1S/C12H18N2O/c1-15-9-11-8-14-7-4-12(11)10-2-5-13-6-3-10/h4,7-8,10,13H,2-3,5-6,9H2,1H3. The molecule has 15 heavy (non-hydrogen) atoms. The molecule has 0 amide bonds. The predicted octanol–water partition coefficient (Wildman–Crippen LogP) is 1.70. The normalized spacial score (nSPS) is 17.9. The van der Waals surface area contributed by atoms with Crippen molar-refractivity contribution < 1.29 is 4.74 Å². The van der Waals surface area contributed by atoms with Gasteiger partial charge in [0.1, 0.15) is 0 Å². The van der Waals surface area contributed by atoms with E-state index in [2.05, 4.69) is 16.4 Å². The van der Waals surface area contributed by atoms with Crippen LogP contribution in [0.15, 0.2) is 18.5 Å². The first kappa shape index (κ1) is 10.6. The zero-order chi connectivity index (χ0) is 10.5. The summed E-state index contributed by atoms with van der Waals surface area (Å²) in [6.07, 6.45) is 6.26. The van der Waals surface area contributed by atoms with Crippen molar-refractivity contribution in [3.8, 4) is 0 Å². The Bertz CT molecular complexity index is 308. The number of hydrogen-bond acceptors (Lipinski definition) is 3. The zero-order valence-corrected chi connectivity index (χ0v) is 9.20. The number of nitrogens with zero attached hydrogens (tertiary/aromatic N) is 1. The maximum Gasteiger partial charge on any atom is 0.0730 e. The largest absolute Gasteiger partial charge is 0.380 e. The summed E-state index contributed by atoms with van der Waals surface area (Å²) in [4.78, 5) is 4.16. The lowest BCUT2D eigenvalue weighted by Gasteiger charge is -2.24. The minimum Gasteiger partial charge on any atom is -0.380 e. The second-order valence-electron chi connectivity index (χ2n) is 4.03. The molecule has 3 nitrogen and oxygen atoms in total. The first-order valence-corrected chi connectivity index (χ1v) is 5.54. The van der Waals surface area contributed by atoms with Crippen molar-refractivity contribution >= 4 is 0 Å². The van der Waals surface area contributed by atoms with Crippen molar-refractivity contribution in [1.29, 1.82) is 0 Å². The number of ether oxygens (including phenoxy) is 1. The van der Waals surface area contributed by atoms with E-state index in [4.69, 9.17) is 4.74 Å². The molecule has 82 valence electrons. The van der Waals surface area contributed by atoms with Crippen LogP contribution in [0.3, 0.4) is 0 Å². The molecule has 0 unspecified atom stereocenters. The number of hydrogen-bond donors (Lipinski definition) is 1. The van der Waals surface area contributed by atoms with Gasteiger partial charge in [0.25, 0.3) is 0 Å². The van der Waals surface area contributed by atoms with Gasteiger partial charge in [-0.25, -0.2) is 0 Å². The smallest absolute Gasteiger partial charge is 0.0730 e. The molecular weight excluding hydrogens is 188 g/mol. The highest BCUT2D eigenvalue weighted by atomic mass is 16.5. The van der Waals surface area contributed by atoms with Crippen LogP contribution in [-0.2, 0) is 11.3 Å². The molecule has 0 bridgehead atoms. The van der Waals surface area contributed by atoms with Gasteiger partial charge >= 0.3 is 0 Å². The molecule has 0 radical (unpaired) electrons. The fourth-order valence-corrected chi connectivity index (χ4v) is 2.25. The third-order valence-electron chi connectivity index (χ3n) is 3.02. The fourth-order valence-electron chi connectivity index (χ4n) is 2.25. The summed E-state index contributed by atoms with van der Waals surface area (Å²) < 4.78 is 5.20. The lowest BCUT2D eigenvalue weighted by Crippen LogP contribution is -2.27. The Balaban J connectivity index is 2.17. The fraction of sp³-hybridized carbons (Fsp3) is 0.583. The first-order chi connectivity index (χ1) is 7.42. The van der Waals surface area contributed by atoms with E-state index in [0.717, 1.165) is 13.1 Å². The maximum absolute atomic E-state index is 5.20. The summed E-state index contributed by atoms with van der Waals surface area (Å²) in [5.41, 5.74) is 2.67. The van der Waals surface area contributed by atoms with Crippen LogP contribution in [0.1, 0.15) is 29.9 Å². The minimum absolute atomic E-state index is 0.674. The van der Waals surface area contributed by atoms with Gasteiger partial charge in [0.05, 0.1) is 6.61 Å². The molecule has 2 rings (SSSR count). The summed E-state index contributed by atoms with van der Waals surface area (Å²) in [5, 5.41) is 3.39. The Morgan fingerprint density at radius 3 is 3.00 bits per heavy atom. The van der Waals surface area contributed by atoms with Crippen LogP contribution in [0, 0.1) is 0 Å². The molecule has 0 saturated carbocycles. The van der Waals surface area contributed by atoms with Crippen LogP contribution >= 0.6 is 0 Å². The average Bonchev–Trinajstić information content (AvgIpc) is 2.31. The third kappa shape index (κ3) is 2.55. The molecular formula is C12H18N2O. The summed E-state index contributed by atoms with van der Waals surface area (Å²) in [5.74, 6) is 0.680. The van der Waals surface area contributed by atoms with E-state index in [-0.39, 0.29) is 0 Å². The number of methoxy groups -OCH3 is 1. The summed E-state index contributed by atoms with van der Waals surface area (Å²) in [6.45, 7) is 2.92. The Hall–Kier alpha value is -0.930. The molecule has 1 N–H and O–H groups in total. The molecule has 1 saturated heterocycles. The van der Waals surface area contributed by atoms with Crippen LogP contribution in [0.5, 0.6) is 0 Å². The highest BCUT2D eigenvalue weighted by Gasteiger charge is 2.17. The summed E-state index contributed by atoms with van der Waals surface area (Å²) >= 11 is 0. The maximum atomic E-state index is 5.20. The molecule has 0 spiro atoms. The average molecular weight is 206 g/mol. The van der Waals surface area contributed by atoms with E-state index in [9.17, 15) is 0 Å². The highest BCUT2D eigenvalue weighted by Crippen LogP contribution is 2.27. The quantitative estimate of drug-likeness (QED) is 0.817. The van der Waals surface area contributed by atoms with Crippen LogP contribution in [0.25, 0.3) is 0 Å². The van der Waals surface area contributed by atoms with Crippen LogP contribution in [0.2, 0.25) is 0 Å². The molecule has 1 aliphatic rings. The lowest BCUT2D eigenvalue weighted by molar-refractivity contribution is 0.183. The monoisotopic (exact) mass is 206 g/mol. The van der Waals surface area contributed by atoms with Gasteiger partial charge in [-0.15, -0.1) is 0 Å². The van der Waals surface area contributed by atoms with E-state index in [1.165, 1.54) is 24.0 Å². The topological polar surface area (TPSA) is 34.1 Å². The number of aromatic nitrogens is 1. The van der Waals surface area contributed by atoms with E-state index in [1.807, 2.05) is 12.4 Å². The van der Waals surface area contributed by atoms with Gasteiger partial charge in [0, 0.05) is 19.5 Å². The minimum atomic E-state index is 0.674. The van der Waals surface area contributed by atoms with Gasteiger partial charge in [-0.05, 0) is 49.0 Å². The number of pyridine rings is 1. The van der Waals surface area contributed by atoms with Gasteiger partial charge in [0.2, 0.25) is 0 Å². The summed E-state index contributed by atoms with van der Waals surface area (Å²) in [6, 6.07) is 2.14. The van der Waals surface area contributed by atoms with Crippen molar-refractivity contribution in [2.24, 2.45) is 0 Å². The zero-order valence-electron chi connectivity index (χ0n) is 9.20. The molecule has 1 aromatic rings. The Labute approximate surface area is 90.9 Å². The second kappa shape index (κ2) is 5.24. The van der Waals surface area contributed by atoms with Crippen LogP contribution in [-0.4, -0.2) is 25.2 Å². The van der Waals surface area contributed by atoms with Crippen LogP contribution < -0.4 is 5.32 Å².